The molecule has 0 bridgehead atoms. The Kier molecular flexibility index (Phi) is 7.92. The zero-order valence-electron chi connectivity index (χ0n) is 18.6. The van der Waals surface area contributed by atoms with Crippen LogP contribution in [0, 0.1) is 5.41 Å². The summed E-state index contributed by atoms with van der Waals surface area (Å²) in [6.07, 6.45) is 0.934. The van der Waals surface area contributed by atoms with Gasteiger partial charge in [-0.15, -0.1) is 0 Å². The van der Waals surface area contributed by atoms with E-state index in [-0.39, 0.29) is 11.7 Å². The van der Waals surface area contributed by atoms with Gasteiger partial charge in [0.25, 0.3) is 0 Å². The minimum Gasteiger partial charge on any atom is -0.371 e. The van der Waals surface area contributed by atoms with Crippen molar-refractivity contribution >= 4 is 27.8 Å². The van der Waals surface area contributed by atoms with Crippen LogP contribution in [0.2, 0.25) is 0 Å². The number of carbonyl (C=O) groups is 2. The Labute approximate surface area is 193 Å². The molecule has 6 N–H and O–H groups in total. The van der Waals surface area contributed by atoms with Crippen molar-refractivity contribution in [2.75, 3.05) is 13.1 Å². The normalized spacial score (nSPS) is 24.9. The number of hydrogen-bond donors (Lipinski definition) is 5. The number of benzene rings is 1. The molecule has 182 valence electrons. The van der Waals surface area contributed by atoms with Gasteiger partial charge >= 0.3 is 0 Å². The molecule has 2 saturated heterocycles. The van der Waals surface area contributed by atoms with Gasteiger partial charge in [-0.05, 0) is 38.2 Å². The van der Waals surface area contributed by atoms with Crippen LogP contribution in [-0.4, -0.2) is 78.5 Å². The summed E-state index contributed by atoms with van der Waals surface area (Å²) in [7, 11) is -3.75. The summed E-state index contributed by atoms with van der Waals surface area (Å²) in [6, 6.07) is 6.28. The van der Waals surface area contributed by atoms with Crippen LogP contribution in [0.25, 0.3) is 0 Å². The Bertz CT molecular complexity index is 973. The molecule has 2 fully saturated rings. The van der Waals surface area contributed by atoms with E-state index in [0.29, 0.717) is 44.3 Å². The van der Waals surface area contributed by atoms with Gasteiger partial charge in [-0.2, -0.15) is 0 Å². The van der Waals surface area contributed by atoms with E-state index >= 15 is 0 Å². The van der Waals surface area contributed by atoms with Gasteiger partial charge in [-0.25, -0.2) is 13.1 Å². The summed E-state index contributed by atoms with van der Waals surface area (Å²) in [5.41, 5.74) is 6.10. The monoisotopic (exact) mass is 480 g/mol. The molecule has 1 aromatic rings. The first-order valence-corrected chi connectivity index (χ1v) is 12.7. The lowest BCUT2D eigenvalue weighted by molar-refractivity contribution is -0.144. The van der Waals surface area contributed by atoms with Gasteiger partial charge in [-0.1, -0.05) is 30.3 Å². The van der Waals surface area contributed by atoms with E-state index in [1.807, 2.05) is 0 Å². The first-order chi connectivity index (χ1) is 15.6. The van der Waals surface area contributed by atoms with Gasteiger partial charge in [-0.3, -0.25) is 15.0 Å². The van der Waals surface area contributed by atoms with Crippen molar-refractivity contribution in [3.05, 3.63) is 35.9 Å². The topological polar surface area (TPSA) is 169 Å². The van der Waals surface area contributed by atoms with Gasteiger partial charge in [0.05, 0.1) is 11.8 Å². The average molecular weight is 481 g/mol. The second-order valence-electron chi connectivity index (χ2n) is 8.51. The van der Waals surface area contributed by atoms with E-state index in [1.165, 1.54) is 9.80 Å². The number of piperidine rings is 2. The summed E-state index contributed by atoms with van der Waals surface area (Å²) in [6.45, 7) is 2.33. The molecule has 33 heavy (non-hydrogen) atoms. The number of nitrogens with one attached hydrogen (secondary N) is 3. The van der Waals surface area contributed by atoms with Gasteiger partial charge in [0.2, 0.25) is 21.8 Å². The third-order valence-corrected chi connectivity index (χ3v) is 7.43. The average Bonchev–Trinajstić information content (AvgIpc) is 2.76. The molecule has 0 aromatic heterocycles. The number of sulfonamides is 1. The van der Waals surface area contributed by atoms with E-state index in [1.54, 1.807) is 37.3 Å². The second kappa shape index (κ2) is 10.5. The molecule has 2 aliphatic rings. The quantitative estimate of drug-likeness (QED) is 0.253. The number of carbonyl (C=O) groups excluding carboxylic acids is 2. The summed E-state index contributed by atoms with van der Waals surface area (Å²) in [5.74, 6) is -1.41. The Morgan fingerprint density at radius 3 is 2.58 bits per heavy atom. The summed E-state index contributed by atoms with van der Waals surface area (Å²) in [5, 5.41) is 20.7. The molecule has 0 radical (unpaired) electrons. The van der Waals surface area contributed by atoms with Crippen LogP contribution in [0.5, 0.6) is 0 Å². The van der Waals surface area contributed by atoms with Crippen molar-refractivity contribution in [3.8, 4) is 0 Å². The molecule has 2 heterocycles. The lowest BCUT2D eigenvalue weighted by atomic mass is 10.0. The highest BCUT2D eigenvalue weighted by molar-refractivity contribution is 7.88. The first kappa shape index (κ1) is 24.9. The highest BCUT2D eigenvalue weighted by atomic mass is 32.2. The first-order valence-electron chi connectivity index (χ1n) is 11.0. The van der Waals surface area contributed by atoms with Crippen LogP contribution in [0.3, 0.4) is 0 Å². The standard InChI is InChI=1S/C21H32N6O5S/c1-14(18(28)24-16-9-5-12-27(19(16)29)21(22)23)26-11-6-10-17(20(26)30)25-33(31,32)13-15-7-3-2-4-8-15/h2-4,7-8,14,16-17,19,25,29H,5-6,9-13H2,1H3,(H3,22,23)(H,24,28)/t14-,16-,17-,19?/m0/s1. The van der Waals surface area contributed by atoms with Crippen molar-refractivity contribution in [3.63, 3.8) is 0 Å². The molecule has 0 spiro atoms. The van der Waals surface area contributed by atoms with Gasteiger partial charge in [0.1, 0.15) is 18.3 Å². The van der Waals surface area contributed by atoms with Crippen LogP contribution < -0.4 is 15.8 Å². The summed E-state index contributed by atoms with van der Waals surface area (Å²) < 4.78 is 27.7. The highest BCUT2D eigenvalue weighted by Crippen LogP contribution is 2.19. The number of aliphatic hydroxyl groups excluding tert-OH is 1. The summed E-state index contributed by atoms with van der Waals surface area (Å²) >= 11 is 0. The fraction of sp³-hybridized carbons (Fsp3) is 0.571. The number of nitrogens with two attached hydrogens (primary N) is 1. The number of nitrogens with zero attached hydrogens (tertiary/aromatic N) is 2. The molecule has 3 rings (SSSR count). The molecular weight excluding hydrogens is 448 g/mol. The minimum atomic E-state index is -3.75. The number of amides is 2. The second-order valence-corrected chi connectivity index (χ2v) is 10.3. The molecule has 2 amide bonds. The van der Waals surface area contributed by atoms with Crippen LogP contribution >= 0.6 is 0 Å². The van der Waals surface area contributed by atoms with Crippen LogP contribution in [0.4, 0.5) is 0 Å². The number of aliphatic hydroxyl groups is 1. The third-order valence-electron chi connectivity index (χ3n) is 6.07. The predicted octanol–water partition coefficient (Wildman–Crippen LogP) is -0.722. The van der Waals surface area contributed by atoms with E-state index in [2.05, 4.69) is 10.0 Å². The predicted molar refractivity (Wildman–Crippen MR) is 122 cm³/mol. The maximum atomic E-state index is 13.0. The van der Waals surface area contributed by atoms with E-state index in [9.17, 15) is 23.1 Å². The molecule has 4 atom stereocenters. The van der Waals surface area contributed by atoms with E-state index < -0.39 is 46.2 Å². The zero-order chi connectivity index (χ0) is 24.2. The SMILES string of the molecule is C[C@@H](C(=O)N[C@H]1CCCN(C(=N)N)C1O)N1CCC[C@H](NS(=O)(=O)Cc2ccccc2)C1=O. The Balaban J connectivity index is 1.61. The van der Waals surface area contributed by atoms with E-state index in [0.717, 1.165) is 0 Å². The van der Waals surface area contributed by atoms with Crippen LogP contribution in [0.1, 0.15) is 38.2 Å². The molecular formula is C21H32N6O5S. The van der Waals surface area contributed by atoms with Crippen molar-refractivity contribution in [2.45, 2.75) is 62.7 Å². The van der Waals surface area contributed by atoms with Crippen molar-refractivity contribution in [2.24, 2.45) is 5.73 Å². The van der Waals surface area contributed by atoms with Crippen molar-refractivity contribution < 1.29 is 23.1 Å². The fourth-order valence-corrected chi connectivity index (χ4v) is 5.65. The van der Waals surface area contributed by atoms with Gasteiger partial charge in [0, 0.05) is 13.1 Å². The Morgan fingerprint density at radius 1 is 1.24 bits per heavy atom. The third kappa shape index (κ3) is 6.21. The number of guanidine groups is 1. The largest absolute Gasteiger partial charge is 0.371 e. The molecule has 12 heteroatoms. The molecule has 0 saturated carbocycles. The number of rotatable bonds is 7. The highest BCUT2D eigenvalue weighted by Gasteiger charge is 2.38. The maximum absolute atomic E-state index is 13.0. The Morgan fingerprint density at radius 2 is 1.91 bits per heavy atom. The fourth-order valence-electron chi connectivity index (χ4n) is 4.28. The molecule has 2 aliphatic heterocycles. The van der Waals surface area contributed by atoms with Crippen molar-refractivity contribution in [1.29, 1.82) is 5.41 Å². The number of hydrogen-bond acceptors (Lipinski definition) is 6. The maximum Gasteiger partial charge on any atom is 0.242 e. The lowest BCUT2D eigenvalue weighted by Gasteiger charge is -2.40. The molecule has 1 aromatic carbocycles. The van der Waals surface area contributed by atoms with E-state index in [4.69, 9.17) is 11.1 Å². The molecule has 11 nitrogen and oxygen atoms in total. The molecule has 1 unspecified atom stereocenters. The lowest BCUT2D eigenvalue weighted by Crippen LogP contribution is -2.62. The zero-order valence-corrected chi connectivity index (χ0v) is 19.4. The van der Waals surface area contributed by atoms with Crippen LogP contribution in [-0.2, 0) is 25.4 Å². The number of likely N-dealkylation sites (tertiary alicyclic amines) is 2. The Hall–Kier alpha value is -2.70. The smallest absolute Gasteiger partial charge is 0.242 e. The van der Waals surface area contributed by atoms with Crippen LogP contribution in [0.15, 0.2) is 30.3 Å². The van der Waals surface area contributed by atoms with Gasteiger partial charge in [0.15, 0.2) is 5.96 Å². The summed E-state index contributed by atoms with van der Waals surface area (Å²) in [4.78, 5) is 28.5. The van der Waals surface area contributed by atoms with Gasteiger partial charge < -0.3 is 26.0 Å². The molecule has 0 aliphatic carbocycles. The minimum absolute atomic E-state index is 0.236. The van der Waals surface area contributed by atoms with Crippen molar-refractivity contribution in [1.82, 2.24) is 19.8 Å².